The van der Waals surface area contributed by atoms with Gasteiger partial charge < -0.3 is 29.2 Å². The number of hydrogen-bond donors (Lipinski definition) is 1. The Balaban J connectivity index is 1.07. The summed E-state index contributed by atoms with van der Waals surface area (Å²) in [5, 5.41) is 13.1. The van der Waals surface area contributed by atoms with Crippen LogP contribution < -0.4 is 10.1 Å². The van der Waals surface area contributed by atoms with Crippen LogP contribution in [0.3, 0.4) is 0 Å². The van der Waals surface area contributed by atoms with E-state index in [1.807, 2.05) is 113 Å². The van der Waals surface area contributed by atoms with Crippen molar-refractivity contribution < 1.29 is 23.9 Å². The number of carbonyl (C=O) groups excluding carboxylic acids is 3. The number of nitrogens with one attached hydrogen (secondary N) is 1. The molecule has 9 rings (SSSR count). The number of fused-ring (bicyclic) bond motifs is 2. The Kier molecular flexibility index (Phi) is 12.6. The van der Waals surface area contributed by atoms with E-state index in [4.69, 9.17) is 9.47 Å². The fourth-order valence-corrected chi connectivity index (χ4v) is 9.54. The van der Waals surface area contributed by atoms with Gasteiger partial charge >= 0.3 is 0 Å². The summed E-state index contributed by atoms with van der Waals surface area (Å²) in [5.41, 5.74) is 10.8. The Morgan fingerprint density at radius 3 is 2.35 bits per heavy atom. The fraction of sp³-hybridized carbons (Fsp3) is 0.296. The summed E-state index contributed by atoms with van der Waals surface area (Å²) in [5.74, 6) is 0.382. The molecular weight excluding hydrogens is 813 g/mol. The maximum Gasteiger partial charge on any atom is 0.258 e. The molecular formula is C54H54N6O5. The van der Waals surface area contributed by atoms with E-state index < -0.39 is 0 Å². The molecule has 1 saturated heterocycles. The van der Waals surface area contributed by atoms with Crippen molar-refractivity contribution in [3.05, 3.63) is 165 Å². The third-order valence-corrected chi connectivity index (χ3v) is 13.2. The number of ether oxygens (including phenoxy) is 2. The van der Waals surface area contributed by atoms with Gasteiger partial charge in [-0.25, -0.2) is 0 Å². The number of nitriles is 1. The molecule has 65 heavy (non-hydrogen) atoms. The molecule has 0 saturated carbocycles. The molecule has 11 heteroatoms. The van der Waals surface area contributed by atoms with Crippen LogP contribution in [0.15, 0.2) is 115 Å². The minimum Gasteiger partial charge on any atom is -0.492 e. The van der Waals surface area contributed by atoms with Gasteiger partial charge in [0, 0.05) is 80.4 Å². The third kappa shape index (κ3) is 9.19. The second-order valence-corrected chi connectivity index (χ2v) is 17.4. The lowest BCUT2D eigenvalue weighted by Crippen LogP contribution is -2.43. The van der Waals surface area contributed by atoms with E-state index in [1.165, 1.54) is 5.56 Å². The topological polar surface area (TPSA) is 120 Å². The molecule has 11 nitrogen and oxygen atoms in total. The van der Waals surface area contributed by atoms with Gasteiger partial charge in [-0.2, -0.15) is 5.26 Å². The molecule has 330 valence electrons. The number of benzene rings is 5. The Hall–Kier alpha value is -7.00. The molecule has 3 aliphatic rings. The van der Waals surface area contributed by atoms with E-state index in [0.29, 0.717) is 83.1 Å². The smallest absolute Gasteiger partial charge is 0.258 e. The van der Waals surface area contributed by atoms with Crippen LogP contribution in [0.4, 0.5) is 5.69 Å². The van der Waals surface area contributed by atoms with Crippen LogP contribution in [0.5, 0.6) is 5.75 Å². The molecule has 6 aromatic rings. The van der Waals surface area contributed by atoms with Gasteiger partial charge in [0.2, 0.25) is 5.91 Å². The zero-order valence-electron chi connectivity index (χ0n) is 37.3. The second kappa shape index (κ2) is 19.0. The first-order valence-corrected chi connectivity index (χ1v) is 22.5. The first-order chi connectivity index (χ1) is 31.6. The second-order valence-electron chi connectivity index (χ2n) is 17.4. The van der Waals surface area contributed by atoms with Crippen molar-refractivity contribution in [3.63, 3.8) is 0 Å². The lowest BCUT2D eigenvalue weighted by molar-refractivity contribution is -0.131. The molecule has 0 spiro atoms. The number of anilines is 1. The van der Waals surface area contributed by atoms with Crippen LogP contribution in [-0.2, 0) is 48.9 Å². The average molecular weight is 867 g/mol. The van der Waals surface area contributed by atoms with E-state index in [9.17, 15) is 14.9 Å². The standard InChI is InChI=1S/C54H54N6O5/c1-36-28-40-11-7-8-12-43(40)35-60(36)54(63)48-32-44-34-59(49(61)30-38-16-18-46(19-17-38)65-27-24-58-22-25-64-26-23-58)21-20-41(44)31-47(48)52-51(42-13-9-10-39(29-42)33-55)50(37(2)57(52)3)53(62)56-45-14-5-4-6-15-45/h4-19,29,31-32,36H,20-28,30,34-35H2,1-3H3,(H,56,62)/t36-/m1/s1. The highest BCUT2D eigenvalue weighted by molar-refractivity contribution is 6.13. The van der Waals surface area contributed by atoms with Crippen LogP contribution >= 0.6 is 0 Å². The van der Waals surface area contributed by atoms with Crippen molar-refractivity contribution in [2.75, 3.05) is 51.3 Å². The normalized spacial score (nSPS) is 16.0. The van der Waals surface area contributed by atoms with Crippen molar-refractivity contribution in [1.29, 1.82) is 5.26 Å². The molecule has 0 radical (unpaired) electrons. The average Bonchev–Trinajstić information content (AvgIpc) is 3.60. The van der Waals surface area contributed by atoms with E-state index in [2.05, 4.69) is 41.4 Å². The SMILES string of the molecule is Cc1c(C(=O)Nc2ccccc2)c(-c2cccc(C#N)c2)c(-c2cc3c(cc2C(=O)N2Cc4ccccc4C[C@H]2C)CN(C(=O)Cc2ccc(OCCN4CCOCC4)cc2)CC3)n1C. The number of carbonyl (C=O) groups is 3. The highest BCUT2D eigenvalue weighted by atomic mass is 16.5. The summed E-state index contributed by atoms with van der Waals surface area (Å²) in [6.45, 7) is 10.1. The fourth-order valence-electron chi connectivity index (χ4n) is 9.54. The van der Waals surface area contributed by atoms with Crippen LogP contribution in [0.2, 0.25) is 0 Å². The van der Waals surface area contributed by atoms with Crippen molar-refractivity contribution in [3.8, 4) is 34.2 Å². The zero-order chi connectivity index (χ0) is 45.0. The number of aromatic nitrogens is 1. The van der Waals surface area contributed by atoms with Crippen molar-refractivity contribution >= 4 is 23.4 Å². The lowest BCUT2D eigenvalue weighted by atomic mass is 9.87. The van der Waals surface area contributed by atoms with Gasteiger partial charge in [0.05, 0.1) is 42.5 Å². The molecule has 5 aromatic carbocycles. The highest BCUT2D eigenvalue weighted by Gasteiger charge is 2.34. The van der Waals surface area contributed by atoms with Gasteiger partial charge in [-0.3, -0.25) is 19.3 Å². The highest BCUT2D eigenvalue weighted by Crippen LogP contribution is 2.43. The van der Waals surface area contributed by atoms with Gasteiger partial charge in [0.1, 0.15) is 12.4 Å². The van der Waals surface area contributed by atoms with Gasteiger partial charge in [0.15, 0.2) is 0 Å². The summed E-state index contributed by atoms with van der Waals surface area (Å²) >= 11 is 0. The van der Waals surface area contributed by atoms with Crippen LogP contribution in [-0.4, -0.2) is 89.0 Å². The molecule has 3 aliphatic heterocycles. The maximum absolute atomic E-state index is 15.4. The van der Waals surface area contributed by atoms with Crippen LogP contribution in [0.1, 0.15) is 66.7 Å². The third-order valence-electron chi connectivity index (χ3n) is 13.2. The van der Waals surface area contributed by atoms with Gasteiger partial charge in [0.25, 0.3) is 11.8 Å². The number of amides is 3. The largest absolute Gasteiger partial charge is 0.492 e. The first-order valence-electron chi connectivity index (χ1n) is 22.5. The number of rotatable bonds is 11. The predicted molar refractivity (Wildman–Crippen MR) is 252 cm³/mol. The minimum atomic E-state index is -0.292. The molecule has 4 heterocycles. The van der Waals surface area contributed by atoms with Crippen LogP contribution in [0.25, 0.3) is 22.4 Å². The molecule has 0 bridgehead atoms. The summed E-state index contributed by atoms with van der Waals surface area (Å²) in [6, 6.07) is 39.0. The summed E-state index contributed by atoms with van der Waals surface area (Å²) < 4.78 is 13.5. The molecule has 3 amide bonds. The molecule has 0 aliphatic carbocycles. The molecule has 1 atom stereocenters. The van der Waals surface area contributed by atoms with E-state index in [-0.39, 0.29) is 30.2 Å². The summed E-state index contributed by atoms with van der Waals surface area (Å²) in [4.78, 5) is 50.0. The number of morpholine rings is 1. The number of nitrogens with zero attached hydrogens (tertiary/aromatic N) is 5. The Bertz CT molecular complexity index is 2790. The van der Waals surface area contributed by atoms with E-state index in [1.54, 1.807) is 12.1 Å². The molecule has 1 aromatic heterocycles. The number of hydrogen-bond acceptors (Lipinski definition) is 7. The van der Waals surface area contributed by atoms with E-state index >= 15 is 4.79 Å². The van der Waals surface area contributed by atoms with Crippen molar-refractivity contribution in [2.24, 2.45) is 7.05 Å². The summed E-state index contributed by atoms with van der Waals surface area (Å²) in [7, 11) is 1.93. The monoisotopic (exact) mass is 866 g/mol. The Morgan fingerprint density at radius 1 is 0.831 bits per heavy atom. The lowest BCUT2D eigenvalue weighted by Gasteiger charge is -2.36. The summed E-state index contributed by atoms with van der Waals surface area (Å²) in [6.07, 6.45) is 1.57. The first kappa shape index (κ1) is 43.3. The quantitative estimate of drug-likeness (QED) is 0.139. The van der Waals surface area contributed by atoms with Crippen LogP contribution in [0, 0.1) is 18.3 Å². The van der Waals surface area contributed by atoms with Gasteiger partial charge in [-0.15, -0.1) is 0 Å². The van der Waals surface area contributed by atoms with Gasteiger partial charge in [-0.1, -0.05) is 66.7 Å². The zero-order valence-corrected chi connectivity index (χ0v) is 37.3. The Labute approximate surface area is 380 Å². The predicted octanol–water partition coefficient (Wildman–Crippen LogP) is 8.22. The Morgan fingerprint density at radius 2 is 1.58 bits per heavy atom. The van der Waals surface area contributed by atoms with Crippen molar-refractivity contribution in [1.82, 2.24) is 19.3 Å². The van der Waals surface area contributed by atoms with Gasteiger partial charge in [-0.05, 0) is 109 Å². The minimum absolute atomic E-state index is 0.0154. The molecule has 0 unspecified atom stereocenters. The molecule has 1 fully saturated rings. The molecule has 1 N–H and O–H groups in total. The van der Waals surface area contributed by atoms with E-state index in [0.717, 1.165) is 67.3 Å². The van der Waals surface area contributed by atoms with Crippen molar-refractivity contribution in [2.45, 2.75) is 52.2 Å². The number of para-hydroxylation sites is 1. The maximum atomic E-state index is 15.4.